The Labute approximate surface area is 139 Å². The van der Waals surface area contributed by atoms with Gasteiger partial charge in [0.05, 0.1) is 18.8 Å². The van der Waals surface area contributed by atoms with Gasteiger partial charge in [-0.3, -0.25) is 14.4 Å². The summed E-state index contributed by atoms with van der Waals surface area (Å²) in [5.74, 6) is 0.117. The van der Waals surface area contributed by atoms with E-state index < -0.39 is 0 Å². The molecule has 0 aliphatic carbocycles. The number of aromatic nitrogens is 2. The molecule has 1 saturated heterocycles. The second-order valence-corrected chi connectivity index (χ2v) is 6.51. The summed E-state index contributed by atoms with van der Waals surface area (Å²) in [5.41, 5.74) is 3.64. The zero-order valence-electron chi connectivity index (χ0n) is 15.1. The molecule has 1 aliphatic heterocycles. The minimum atomic E-state index is 0.117. The monoisotopic (exact) mass is 321 g/mol. The number of amides is 1. The van der Waals surface area contributed by atoms with Gasteiger partial charge in [0.15, 0.2) is 0 Å². The molecule has 0 aromatic carbocycles. The number of carbonyl (C=O) groups excluding carboxylic acids is 1. The number of rotatable bonds is 6. The van der Waals surface area contributed by atoms with Gasteiger partial charge >= 0.3 is 0 Å². The molecular formula is C17H31N5O. The first kappa shape index (κ1) is 17.9. The van der Waals surface area contributed by atoms with Crippen LogP contribution in [-0.4, -0.2) is 71.8 Å². The van der Waals surface area contributed by atoms with Gasteiger partial charge in [-0.2, -0.15) is 5.10 Å². The average Bonchev–Trinajstić information content (AvgIpc) is 2.65. The number of hydrogen-bond donors (Lipinski definition) is 1. The fraction of sp³-hybridized carbons (Fsp3) is 0.765. The van der Waals surface area contributed by atoms with Crippen molar-refractivity contribution in [3.05, 3.63) is 17.0 Å². The number of nitrogens with one attached hydrogen (secondary N) is 1. The molecule has 6 nitrogen and oxygen atoms in total. The predicted octanol–water partition coefficient (Wildman–Crippen LogP) is 0.816. The summed E-state index contributed by atoms with van der Waals surface area (Å²) in [6.07, 6.45) is 2.14. The molecule has 130 valence electrons. The molecule has 0 spiro atoms. The van der Waals surface area contributed by atoms with Crippen molar-refractivity contribution in [1.82, 2.24) is 24.9 Å². The highest BCUT2D eigenvalue weighted by atomic mass is 16.2. The second-order valence-electron chi connectivity index (χ2n) is 6.51. The smallest absolute Gasteiger partial charge is 0.234 e. The quantitative estimate of drug-likeness (QED) is 0.843. The number of nitrogens with zero attached hydrogens (tertiary/aromatic N) is 4. The van der Waals surface area contributed by atoms with Crippen LogP contribution in [0.2, 0.25) is 0 Å². The van der Waals surface area contributed by atoms with Gasteiger partial charge in [0, 0.05) is 25.3 Å². The van der Waals surface area contributed by atoms with Gasteiger partial charge in [0.2, 0.25) is 5.91 Å². The summed E-state index contributed by atoms with van der Waals surface area (Å²) < 4.78 is 2.01. The van der Waals surface area contributed by atoms with E-state index in [4.69, 9.17) is 0 Å². The molecule has 1 aromatic rings. The SMILES string of the molecule is CCc1c(C)nn(CCNC(=O)CN2CCCN(C)CC2)c1C. The first-order chi connectivity index (χ1) is 11.0. The first-order valence-electron chi connectivity index (χ1n) is 8.71. The minimum Gasteiger partial charge on any atom is -0.353 e. The Morgan fingerprint density at radius 2 is 2.00 bits per heavy atom. The molecule has 1 aromatic heterocycles. The van der Waals surface area contributed by atoms with Gasteiger partial charge in [0.1, 0.15) is 0 Å². The van der Waals surface area contributed by atoms with E-state index in [0.29, 0.717) is 13.1 Å². The largest absolute Gasteiger partial charge is 0.353 e. The van der Waals surface area contributed by atoms with Gasteiger partial charge in [-0.1, -0.05) is 6.92 Å². The third-order valence-electron chi connectivity index (χ3n) is 4.71. The lowest BCUT2D eigenvalue weighted by molar-refractivity contribution is -0.122. The van der Waals surface area contributed by atoms with Crippen LogP contribution in [-0.2, 0) is 17.8 Å². The van der Waals surface area contributed by atoms with Gasteiger partial charge in [-0.25, -0.2) is 0 Å². The van der Waals surface area contributed by atoms with E-state index in [0.717, 1.165) is 51.3 Å². The van der Waals surface area contributed by atoms with Crippen LogP contribution in [0.5, 0.6) is 0 Å². The first-order valence-corrected chi connectivity index (χ1v) is 8.71. The molecule has 0 unspecified atom stereocenters. The van der Waals surface area contributed by atoms with Gasteiger partial charge in [-0.05, 0) is 52.4 Å². The van der Waals surface area contributed by atoms with E-state index >= 15 is 0 Å². The van der Waals surface area contributed by atoms with Crippen LogP contribution in [0.1, 0.15) is 30.3 Å². The van der Waals surface area contributed by atoms with E-state index in [2.05, 4.69) is 48.0 Å². The molecule has 23 heavy (non-hydrogen) atoms. The summed E-state index contributed by atoms with van der Waals surface area (Å²) in [6.45, 7) is 12.3. The maximum atomic E-state index is 12.1. The van der Waals surface area contributed by atoms with Crippen molar-refractivity contribution in [2.75, 3.05) is 46.3 Å². The summed E-state index contributed by atoms with van der Waals surface area (Å²) >= 11 is 0. The Kier molecular flexibility index (Phi) is 6.59. The van der Waals surface area contributed by atoms with Gasteiger partial charge < -0.3 is 10.2 Å². The molecule has 1 fully saturated rings. The third kappa shape index (κ3) is 5.04. The number of carbonyl (C=O) groups is 1. The van der Waals surface area contributed by atoms with E-state index in [-0.39, 0.29) is 5.91 Å². The standard InChI is InChI=1S/C17H31N5O/c1-5-16-14(2)19-22(15(16)3)10-7-18-17(23)13-21-9-6-8-20(4)11-12-21/h5-13H2,1-4H3,(H,18,23). The summed E-state index contributed by atoms with van der Waals surface area (Å²) in [7, 11) is 2.14. The Bertz CT molecular complexity index is 525. The molecule has 0 radical (unpaired) electrons. The number of hydrogen-bond acceptors (Lipinski definition) is 4. The van der Waals surface area contributed by atoms with Crippen LogP contribution in [0.4, 0.5) is 0 Å². The van der Waals surface area contributed by atoms with Crippen LogP contribution in [0, 0.1) is 13.8 Å². The topological polar surface area (TPSA) is 53.4 Å². The van der Waals surface area contributed by atoms with Gasteiger partial charge in [0.25, 0.3) is 0 Å². The van der Waals surface area contributed by atoms with Crippen LogP contribution in [0.25, 0.3) is 0 Å². The highest BCUT2D eigenvalue weighted by molar-refractivity contribution is 5.77. The molecule has 0 bridgehead atoms. The van der Waals surface area contributed by atoms with Crippen molar-refractivity contribution in [2.45, 2.75) is 40.2 Å². The van der Waals surface area contributed by atoms with Crippen molar-refractivity contribution in [1.29, 1.82) is 0 Å². The van der Waals surface area contributed by atoms with E-state index in [9.17, 15) is 4.79 Å². The van der Waals surface area contributed by atoms with Crippen LogP contribution < -0.4 is 5.32 Å². The number of aryl methyl sites for hydroxylation is 1. The molecule has 0 atom stereocenters. The number of likely N-dealkylation sites (N-methyl/N-ethyl adjacent to an activating group) is 1. The molecule has 6 heteroatoms. The molecule has 1 aliphatic rings. The van der Waals surface area contributed by atoms with E-state index in [1.807, 2.05) is 4.68 Å². The Balaban J connectivity index is 1.74. The third-order valence-corrected chi connectivity index (χ3v) is 4.71. The van der Waals surface area contributed by atoms with E-state index in [1.54, 1.807) is 0 Å². The van der Waals surface area contributed by atoms with Gasteiger partial charge in [-0.15, -0.1) is 0 Å². The fourth-order valence-corrected chi connectivity index (χ4v) is 3.28. The van der Waals surface area contributed by atoms with Crippen molar-refractivity contribution in [3.8, 4) is 0 Å². The zero-order chi connectivity index (χ0) is 16.8. The van der Waals surface area contributed by atoms with Crippen molar-refractivity contribution in [2.24, 2.45) is 0 Å². The predicted molar refractivity (Wildman–Crippen MR) is 92.6 cm³/mol. The maximum absolute atomic E-state index is 12.1. The summed E-state index contributed by atoms with van der Waals surface area (Å²) in [4.78, 5) is 16.7. The molecule has 1 N–H and O–H groups in total. The van der Waals surface area contributed by atoms with Crippen molar-refractivity contribution >= 4 is 5.91 Å². The lowest BCUT2D eigenvalue weighted by Gasteiger charge is -2.19. The second kappa shape index (κ2) is 8.45. The highest BCUT2D eigenvalue weighted by Crippen LogP contribution is 2.12. The normalized spacial score (nSPS) is 17.2. The maximum Gasteiger partial charge on any atom is 0.234 e. The van der Waals surface area contributed by atoms with E-state index in [1.165, 1.54) is 11.3 Å². The molecule has 2 rings (SSSR count). The average molecular weight is 321 g/mol. The molecule has 0 saturated carbocycles. The Morgan fingerprint density at radius 3 is 2.70 bits per heavy atom. The minimum absolute atomic E-state index is 0.117. The Hall–Kier alpha value is -1.40. The van der Waals surface area contributed by atoms with Crippen LogP contribution in [0.3, 0.4) is 0 Å². The summed E-state index contributed by atoms with van der Waals surface area (Å²) in [6, 6.07) is 0. The molecule has 1 amide bonds. The van der Waals surface area contributed by atoms with Crippen LogP contribution in [0.15, 0.2) is 0 Å². The van der Waals surface area contributed by atoms with Crippen molar-refractivity contribution in [3.63, 3.8) is 0 Å². The summed E-state index contributed by atoms with van der Waals surface area (Å²) in [5, 5.41) is 7.59. The van der Waals surface area contributed by atoms with Crippen LogP contribution >= 0.6 is 0 Å². The van der Waals surface area contributed by atoms with Crippen molar-refractivity contribution < 1.29 is 4.79 Å². The lowest BCUT2D eigenvalue weighted by atomic mass is 10.1. The highest BCUT2D eigenvalue weighted by Gasteiger charge is 2.15. The lowest BCUT2D eigenvalue weighted by Crippen LogP contribution is -2.40. The fourth-order valence-electron chi connectivity index (χ4n) is 3.28. The zero-order valence-corrected chi connectivity index (χ0v) is 15.1. The molecular weight excluding hydrogens is 290 g/mol. The Morgan fingerprint density at radius 1 is 1.22 bits per heavy atom. The molecule has 2 heterocycles.